The molecule has 1 atom stereocenters. The molecule has 3 N–H and O–H groups in total. The summed E-state index contributed by atoms with van der Waals surface area (Å²) in [5, 5.41) is 20.8. The van der Waals surface area contributed by atoms with Crippen LogP contribution in [0.25, 0.3) is 0 Å². The average Bonchev–Trinajstić information content (AvgIpc) is 3.26. The van der Waals surface area contributed by atoms with Crippen LogP contribution < -0.4 is 20.9 Å². The predicted molar refractivity (Wildman–Crippen MR) is 125 cm³/mol. The molecule has 2 fully saturated rings. The van der Waals surface area contributed by atoms with Gasteiger partial charge >= 0.3 is 0 Å². The molecular formula is C22H35N7O2S. The number of nitriles is 1. The van der Waals surface area contributed by atoms with Crippen molar-refractivity contribution in [2.24, 2.45) is 11.8 Å². The van der Waals surface area contributed by atoms with Crippen molar-refractivity contribution in [3.8, 4) is 6.07 Å². The number of hydrogen-bond donors (Lipinski definition) is 3. The number of nitrogens with zero attached hydrogens (tertiary/aromatic N) is 4. The average molecular weight is 462 g/mol. The van der Waals surface area contributed by atoms with Gasteiger partial charge in [-0.15, -0.1) is 11.3 Å². The lowest BCUT2D eigenvalue weighted by Gasteiger charge is -2.31. The van der Waals surface area contributed by atoms with Crippen LogP contribution in [0.3, 0.4) is 0 Å². The van der Waals surface area contributed by atoms with Crippen LogP contribution in [0.1, 0.15) is 38.8 Å². The molecule has 10 heteroatoms. The van der Waals surface area contributed by atoms with Crippen LogP contribution in [-0.4, -0.2) is 73.6 Å². The van der Waals surface area contributed by atoms with Gasteiger partial charge in [-0.3, -0.25) is 14.5 Å². The summed E-state index contributed by atoms with van der Waals surface area (Å²) in [6.45, 7) is 10.5. The van der Waals surface area contributed by atoms with Crippen molar-refractivity contribution in [1.82, 2.24) is 25.8 Å². The molecule has 0 unspecified atom stereocenters. The van der Waals surface area contributed by atoms with Crippen molar-refractivity contribution in [3.63, 3.8) is 0 Å². The molecule has 0 radical (unpaired) electrons. The second-order valence-corrected chi connectivity index (χ2v) is 9.81. The number of rotatable bonds is 9. The van der Waals surface area contributed by atoms with Gasteiger partial charge in [0.15, 0.2) is 5.13 Å². The van der Waals surface area contributed by atoms with E-state index in [0.717, 1.165) is 69.5 Å². The van der Waals surface area contributed by atoms with Gasteiger partial charge in [0.2, 0.25) is 11.8 Å². The second kappa shape index (κ2) is 12.1. The lowest BCUT2D eigenvalue weighted by atomic mass is 9.94. The zero-order valence-electron chi connectivity index (χ0n) is 19.1. The van der Waals surface area contributed by atoms with Crippen LogP contribution in [0.15, 0.2) is 5.38 Å². The molecule has 1 aromatic rings. The van der Waals surface area contributed by atoms with Gasteiger partial charge in [-0.25, -0.2) is 4.98 Å². The first-order valence-electron chi connectivity index (χ1n) is 11.5. The monoisotopic (exact) mass is 461 g/mol. The molecule has 2 amide bonds. The Balaban J connectivity index is 1.46. The number of amides is 2. The molecule has 0 bridgehead atoms. The zero-order valence-corrected chi connectivity index (χ0v) is 19.9. The summed E-state index contributed by atoms with van der Waals surface area (Å²) >= 11 is 1.71. The van der Waals surface area contributed by atoms with Crippen molar-refractivity contribution >= 4 is 28.3 Å². The molecule has 176 valence electrons. The summed E-state index contributed by atoms with van der Waals surface area (Å²) in [6.07, 6.45) is 2.10. The first-order valence-corrected chi connectivity index (χ1v) is 12.4. The Morgan fingerprint density at radius 3 is 2.66 bits per heavy atom. The van der Waals surface area contributed by atoms with Gasteiger partial charge in [0.25, 0.3) is 0 Å². The largest absolute Gasteiger partial charge is 0.346 e. The fourth-order valence-corrected chi connectivity index (χ4v) is 5.07. The van der Waals surface area contributed by atoms with E-state index >= 15 is 0 Å². The summed E-state index contributed by atoms with van der Waals surface area (Å²) in [7, 11) is 0. The third-order valence-electron chi connectivity index (χ3n) is 5.95. The van der Waals surface area contributed by atoms with E-state index in [0.29, 0.717) is 6.42 Å². The van der Waals surface area contributed by atoms with Gasteiger partial charge < -0.3 is 20.9 Å². The minimum Gasteiger partial charge on any atom is -0.346 e. The molecule has 2 aliphatic rings. The standard InChI is InChI=1S/C22H35N7O2S/c1-16(2)13-19(21(31)25-6-5-23)27-20(30)17-3-9-28(10-4-17)14-18-15-32-22(26-18)29-11-7-24-8-12-29/h15-17,19,24H,3-4,6-14H2,1-2H3,(H,25,31)(H,27,30)/t19-/m0/s1. The van der Waals surface area contributed by atoms with Gasteiger partial charge in [-0.2, -0.15) is 5.26 Å². The topological polar surface area (TPSA) is 113 Å². The Kier molecular flexibility index (Phi) is 9.26. The van der Waals surface area contributed by atoms with Crippen molar-refractivity contribution in [1.29, 1.82) is 5.26 Å². The number of nitrogens with one attached hydrogen (secondary N) is 3. The van der Waals surface area contributed by atoms with Crippen molar-refractivity contribution in [2.75, 3.05) is 50.7 Å². The Hall–Kier alpha value is -2.22. The minimum atomic E-state index is -0.590. The van der Waals surface area contributed by atoms with Gasteiger partial charge in [0.05, 0.1) is 11.8 Å². The number of aromatic nitrogens is 1. The van der Waals surface area contributed by atoms with Gasteiger partial charge in [0, 0.05) is 44.0 Å². The normalized spacial score (nSPS) is 18.9. The number of thiazole rings is 1. The van der Waals surface area contributed by atoms with Gasteiger partial charge in [-0.05, 0) is 38.3 Å². The summed E-state index contributed by atoms with van der Waals surface area (Å²) < 4.78 is 0. The number of hydrogen-bond acceptors (Lipinski definition) is 8. The summed E-state index contributed by atoms with van der Waals surface area (Å²) in [5.41, 5.74) is 1.09. The maximum Gasteiger partial charge on any atom is 0.243 e. The van der Waals surface area contributed by atoms with E-state index in [2.05, 4.69) is 31.1 Å². The molecule has 0 spiro atoms. The lowest BCUT2D eigenvalue weighted by molar-refractivity contribution is -0.132. The van der Waals surface area contributed by atoms with Crippen molar-refractivity contribution < 1.29 is 9.59 Å². The third-order valence-corrected chi connectivity index (χ3v) is 6.90. The van der Waals surface area contributed by atoms with E-state index in [-0.39, 0.29) is 30.2 Å². The van der Waals surface area contributed by atoms with Crippen LogP contribution in [0.2, 0.25) is 0 Å². The SMILES string of the molecule is CC(C)C[C@H](NC(=O)C1CCN(Cc2csc(N3CCNCC3)n2)CC1)C(=O)NCC#N. The summed E-state index contributed by atoms with van der Waals surface area (Å²) in [5.74, 6) is -0.164. The molecule has 0 aromatic carbocycles. The summed E-state index contributed by atoms with van der Waals surface area (Å²) in [4.78, 5) is 34.7. The Morgan fingerprint density at radius 2 is 2.00 bits per heavy atom. The Bertz CT molecular complexity index is 792. The van der Waals surface area contributed by atoms with E-state index in [1.54, 1.807) is 11.3 Å². The highest BCUT2D eigenvalue weighted by Gasteiger charge is 2.29. The maximum absolute atomic E-state index is 12.8. The molecule has 0 aliphatic carbocycles. The molecule has 3 rings (SSSR count). The molecular weight excluding hydrogens is 426 g/mol. The summed E-state index contributed by atoms with van der Waals surface area (Å²) in [6, 6.07) is 1.32. The molecule has 9 nitrogen and oxygen atoms in total. The van der Waals surface area contributed by atoms with Crippen molar-refractivity contribution in [2.45, 2.75) is 45.7 Å². The van der Waals surface area contributed by atoms with E-state index in [1.165, 1.54) is 0 Å². The molecule has 3 heterocycles. The van der Waals surface area contributed by atoms with Crippen LogP contribution in [0.5, 0.6) is 0 Å². The quantitative estimate of drug-likeness (QED) is 0.469. The van der Waals surface area contributed by atoms with Crippen LogP contribution >= 0.6 is 11.3 Å². The molecule has 2 aliphatic heterocycles. The lowest BCUT2D eigenvalue weighted by Crippen LogP contribution is -2.50. The fourth-order valence-electron chi connectivity index (χ4n) is 4.19. The first-order chi connectivity index (χ1) is 15.5. The third kappa shape index (κ3) is 7.15. The highest BCUT2D eigenvalue weighted by Crippen LogP contribution is 2.24. The molecule has 2 saturated heterocycles. The van der Waals surface area contributed by atoms with E-state index in [9.17, 15) is 9.59 Å². The number of piperidine rings is 1. The van der Waals surface area contributed by atoms with E-state index < -0.39 is 6.04 Å². The number of piperazine rings is 1. The number of anilines is 1. The van der Waals surface area contributed by atoms with Crippen LogP contribution in [0.4, 0.5) is 5.13 Å². The molecule has 32 heavy (non-hydrogen) atoms. The fraction of sp³-hybridized carbons (Fsp3) is 0.727. The second-order valence-electron chi connectivity index (χ2n) is 8.98. The Labute approximate surface area is 194 Å². The maximum atomic E-state index is 12.8. The number of carbonyl (C=O) groups excluding carboxylic acids is 2. The van der Waals surface area contributed by atoms with E-state index in [4.69, 9.17) is 10.2 Å². The van der Waals surface area contributed by atoms with Gasteiger partial charge in [-0.1, -0.05) is 13.8 Å². The number of carbonyl (C=O) groups is 2. The van der Waals surface area contributed by atoms with Gasteiger partial charge in [0.1, 0.15) is 12.6 Å². The highest BCUT2D eigenvalue weighted by molar-refractivity contribution is 7.13. The van der Waals surface area contributed by atoms with E-state index in [1.807, 2.05) is 19.9 Å². The number of likely N-dealkylation sites (tertiary alicyclic amines) is 1. The first kappa shape index (κ1) is 24.4. The smallest absolute Gasteiger partial charge is 0.243 e. The minimum absolute atomic E-state index is 0.0470. The van der Waals surface area contributed by atoms with Crippen molar-refractivity contribution in [3.05, 3.63) is 11.1 Å². The Morgan fingerprint density at radius 1 is 1.28 bits per heavy atom. The predicted octanol–water partition coefficient (Wildman–Crippen LogP) is 0.935. The molecule has 1 aromatic heterocycles. The van der Waals surface area contributed by atoms with Crippen LogP contribution in [0, 0.1) is 23.2 Å². The van der Waals surface area contributed by atoms with Crippen LogP contribution in [-0.2, 0) is 16.1 Å². The highest BCUT2D eigenvalue weighted by atomic mass is 32.1. The molecule has 0 saturated carbocycles. The zero-order chi connectivity index (χ0) is 22.9.